The van der Waals surface area contributed by atoms with Crippen molar-refractivity contribution >= 4 is 35.4 Å². The number of urea groups is 2. The molecule has 0 bridgehead atoms. The summed E-state index contributed by atoms with van der Waals surface area (Å²) in [6.45, 7) is 9.43. The highest BCUT2D eigenvalue weighted by Gasteiger charge is 2.34. The fourth-order valence-corrected chi connectivity index (χ4v) is 5.44. The Bertz CT molecular complexity index is 1500. The molecule has 226 valence electrons. The Morgan fingerprint density at radius 2 is 1.72 bits per heavy atom. The summed E-state index contributed by atoms with van der Waals surface area (Å²) in [5, 5.41) is 15.4. The van der Waals surface area contributed by atoms with Gasteiger partial charge in [-0.25, -0.2) is 14.3 Å². The van der Waals surface area contributed by atoms with Crippen LogP contribution in [0.2, 0.25) is 0 Å². The molecule has 2 saturated heterocycles. The maximum Gasteiger partial charge on any atom is 0.324 e. The number of hydrogen-bond acceptors (Lipinski definition) is 5. The van der Waals surface area contributed by atoms with Crippen molar-refractivity contribution < 1.29 is 19.2 Å². The van der Waals surface area contributed by atoms with Crippen LogP contribution in [-0.4, -0.2) is 57.7 Å². The molecule has 3 aromatic rings. The van der Waals surface area contributed by atoms with E-state index in [9.17, 15) is 19.2 Å². The second kappa shape index (κ2) is 12.3. The quantitative estimate of drug-likeness (QED) is 0.338. The summed E-state index contributed by atoms with van der Waals surface area (Å²) >= 11 is 0. The minimum atomic E-state index is -0.803. The number of carbonyl (C=O) groups is 4. The van der Waals surface area contributed by atoms with E-state index in [1.165, 1.54) is 0 Å². The number of rotatable bonds is 6. The molecule has 2 fully saturated rings. The van der Waals surface area contributed by atoms with E-state index in [0.717, 1.165) is 41.8 Å². The molecule has 3 heterocycles. The molecule has 0 radical (unpaired) electrons. The van der Waals surface area contributed by atoms with Crippen LogP contribution in [0.15, 0.2) is 54.6 Å². The van der Waals surface area contributed by atoms with Gasteiger partial charge in [0.1, 0.15) is 11.9 Å². The molecule has 0 unspecified atom stereocenters. The number of imide groups is 1. The molecule has 6 amide bonds. The van der Waals surface area contributed by atoms with Gasteiger partial charge in [0.2, 0.25) is 11.8 Å². The average Bonchev–Trinajstić information content (AvgIpc) is 3.37. The summed E-state index contributed by atoms with van der Waals surface area (Å²) < 4.78 is 1.75. The van der Waals surface area contributed by atoms with Gasteiger partial charge in [0.15, 0.2) is 0 Å². The number of benzene rings is 2. The van der Waals surface area contributed by atoms with Crippen molar-refractivity contribution in [3.63, 3.8) is 0 Å². The molecule has 43 heavy (non-hydrogen) atoms. The number of carbonyl (C=O) groups excluding carboxylic acids is 4. The van der Waals surface area contributed by atoms with Crippen molar-refractivity contribution in [3.05, 3.63) is 71.4 Å². The third-order valence-corrected chi connectivity index (χ3v) is 7.88. The fourth-order valence-electron chi connectivity index (χ4n) is 5.44. The van der Waals surface area contributed by atoms with Crippen LogP contribution in [0, 0.1) is 12.8 Å². The average molecular weight is 586 g/mol. The van der Waals surface area contributed by atoms with Crippen LogP contribution in [-0.2, 0) is 21.4 Å². The lowest BCUT2D eigenvalue weighted by Crippen LogP contribution is -2.59. The number of nitrogens with zero attached hydrogens (tertiary/aromatic N) is 3. The van der Waals surface area contributed by atoms with Gasteiger partial charge in [-0.3, -0.25) is 20.2 Å². The number of amides is 6. The van der Waals surface area contributed by atoms with E-state index in [1.807, 2.05) is 61.5 Å². The standard InChI is InChI=1S/C32H39N7O4/c1-20-8-10-24(11-9-20)39-27(19-26(37-39)32(2,3)4)35-30(42)33-23-7-5-6-22(17-23)16-21-12-14-38(15-13-21)29(41)25-18-28(40)36-31(43)34-25/h5-11,17,19,21,25H,12-16,18H2,1-4H3,(H2,33,35,42)(H2,34,36,40,43)/t25-/m0/s1. The SMILES string of the molecule is Cc1ccc(-n2nc(C(C)(C)C)cc2NC(=O)Nc2cccc(CC3CCN(C(=O)[C@@H]4CC(=O)NC(=O)N4)CC3)c2)cc1. The van der Waals surface area contributed by atoms with Crippen LogP contribution in [0.4, 0.5) is 21.1 Å². The number of anilines is 2. The highest BCUT2D eigenvalue weighted by atomic mass is 16.2. The summed E-state index contributed by atoms with van der Waals surface area (Å²) in [5.41, 5.74) is 4.46. The van der Waals surface area contributed by atoms with Crippen molar-refractivity contribution in [2.45, 2.75) is 64.8 Å². The minimum absolute atomic E-state index is 0.0378. The molecule has 2 aliphatic heterocycles. The van der Waals surface area contributed by atoms with Crippen molar-refractivity contribution in [3.8, 4) is 5.69 Å². The minimum Gasteiger partial charge on any atom is -0.341 e. The van der Waals surface area contributed by atoms with E-state index < -0.39 is 18.0 Å². The van der Waals surface area contributed by atoms with E-state index in [0.29, 0.717) is 30.5 Å². The van der Waals surface area contributed by atoms with Gasteiger partial charge in [0.05, 0.1) is 17.8 Å². The molecule has 4 N–H and O–H groups in total. The van der Waals surface area contributed by atoms with E-state index in [1.54, 1.807) is 9.58 Å². The van der Waals surface area contributed by atoms with Gasteiger partial charge in [-0.15, -0.1) is 0 Å². The van der Waals surface area contributed by atoms with Crippen molar-refractivity contribution in [1.82, 2.24) is 25.3 Å². The maximum absolute atomic E-state index is 13.1. The molecule has 1 aromatic heterocycles. The van der Waals surface area contributed by atoms with Gasteiger partial charge in [-0.05, 0) is 61.9 Å². The predicted octanol–water partition coefficient (Wildman–Crippen LogP) is 4.50. The molecule has 1 atom stereocenters. The van der Waals surface area contributed by atoms with Gasteiger partial charge in [-0.2, -0.15) is 5.10 Å². The number of hydrogen-bond donors (Lipinski definition) is 4. The zero-order chi connectivity index (χ0) is 30.7. The molecule has 11 heteroatoms. The van der Waals surface area contributed by atoms with E-state index >= 15 is 0 Å². The summed E-state index contributed by atoms with van der Waals surface area (Å²) in [6, 6.07) is 15.9. The van der Waals surface area contributed by atoms with Crippen LogP contribution in [0.25, 0.3) is 5.69 Å². The van der Waals surface area contributed by atoms with Gasteiger partial charge in [0.25, 0.3) is 0 Å². The van der Waals surface area contributed by atoms with Gasteiger partial charge < -0.3 is 15.5 Å². The predicted molar refractivity (Wildman–Crippen MR) is 164 cm³/mol. The first-order chi connectivity index (χ1) is 20.4. The second-order valence-electron chi connectivity index (χ2n) is 12.4. The Hall–Kier alpha value is -4.67. The highest BCUT2D eigenvalue weighted by molar-refractivity contribution is 6.02. The monoisotopic (exact) mass is 585 g/mol. The molecule has 0 saturated carbocycles. The fraction of sp³-hybridized carbons (Fsp3) is 0.406. The van der Waals surface area contributed by atoms with Crippen LogP contribution >= 0.6 is 0 Å². The van der Waals surface area contributed by atoms with Crippen molar-refractivity contribution in [2.75, 3.05) is 23.7 Å². The van der Waals surface area contributed by atoms with Crippen LogP contribution in [0.5, 0.6) is 0 Å². The highest BCUT2D eigenvalue weighted by Crippen LogP contribution is 2.27. The van der Waals surface area contributed by atoms with Crippen LogP contribution in [0.3, 0.4) is 0 Å². The molecule has 2 aromatic carbocycles. The van der Waals surface area contributed by atoms with Gasteiger partial charge >= 0.3 is 12.1 Å². The molecule has 0 aliphatic carbocycles. The first kappa shape index (κ1) is 29.8. The smallest absolute Gasteiger partial charge is 0.324 e. The second-order valence-corrected chi connectivity index (χ2v) is 12.4. The Kier molecular flexibility index (Phi) is 8.52. The van der Waals surface area contributed by atoms with Gasteiger partial charge in [0, 0.05) is 30.3 Å². The number of likely N-dealkylation sites (tertiary alicyclic amines) is 1. The van der Waals surface area contributed by atoms with Crippen LogP contribution < -0.4 is 21.3 Å². The molecule has 5 rings (SSSR count). The number of aromatic nitrogens is 2. The molecule has 11 nitrogen and oxygen atoms in total. The lowest BCUT2D eigenvalue weighted by Gasteiger charge is -2.35. The van der Waals surface area contributed by atoms with Crippen molar-refractivity contribution in [2.24, 2.45) is 5.92 Å². The summed E-state index contributed by atoms with van der Waals surface area (Å²) in [6.07, 6.45) is 2.41. The maximum atomic E-state index is 13.1. The Labute approximate surface area is 251 Å². The zero-order valence-corrected chi connectivity index (χ0v) is 25.1. The van der Waals surface area contributed by atoms with Gasteiger partial charge in [-0.1, -0.05) is 50.6 Å². The first-order valence-electron chi connectivity index (χ1n) is 14.7. The van der Waals surface area contributed by atoms with E-state index in [-0.39, 0.29) is 23.8 Å². The third-order valence-electron chi connectivity index (χ3n) is 7.88. The normalized spacial score (nSPS) is 17.7. The summed E-state index contributed by atoms with van der Waals surface area (Å²) in [4.78, 5) is 50.9. The molecular formula is C32H39N7O4. The molecule has 2 aliphatic rings. The topological polar surface area (TPSA) is 137 Å². The summed E-state index contributed by atoms with van der Waals surface area (Å²) in [7, 11) is 0. The van der Waals surface area contributed by atoms with Crippen LogP contribution in [0.1, 0.15) is 56.9 Å². The Morgan fingerprint density at radius 1 is 1.00 bits per heavy atom. The zero-order valence-electron chi connectivity index (χ0n) is 25.1. The summed E-state index contributed by atoms with van der Waals surface area (Å²) in [5.74, 6) is 0.303. The lowest BCUT2D eigenvalue weighted by atomic mass is 9.89. The van der Waals surface area contributed by atoms with E-state index in [2.05, 4.69) is 42.0 Å². The number of piperidine rings is 1. The van der Waals surface area contributed by atoms with Crippen molar-refractivity contribution in [1.29, 1.82) is 0 Å². The number of aryl methyl sites for hydroxylation is 1. The Balaban J connectivity index is 1.18. The largest absolute Gasteiger partial charge is 0.341 e. The third kappa shape index (κ3) is 7.40. The lowest BCUT2D eigenvalue weighted by molar-refractivity contribution is -0.137. The Morgan fingerprint density at radius 3 is 2.40 bits per heavy atom. The molecule has 0 spiro atoms. The van der Waals surface area contributed by atoms with E-state index in [4.69, 9.17) is 5.10 Å². The first-order valence-corrected chi connectivity index (χ1v) is 14.7. The number of nitrogens with one attached hydrogen (secondary N) is 4. The molecular weight excluding hydrogens is 546 g/mol.